The lowest BCUT2D eigenvalue weighted by Crippen LogP contribution is -2.26. The molecular weight excluding hydrogens is 340 g/mol. The number of aromatic nitrogens is 1. The second kappa shape index (κ2) is 7.15. The van der Waals surface area contributed by atoms with Crippen LogP contribution in [0.5, 0.6) is 5.75 Å². The third kappa shape index (κ3) is 3.34. The molecule has 3 rings (SSSR count). The topological polar surface area (TPSA) is 42.4 Å². The first-order valence-electron chi connectivity index (χ1n) is 7.47. The van der Waals surface area contributed by atoms with Crippen molar-refractivity contribution in [1.82, 2.24) is 9.88 Å². The van der Waals surface area contributed by atoms with Gasteiger partial charge in [-0.1, -0.05) is 18.2 Å². The highest BCUT2D eigenvalue weighted by molar-refractivity contribution is 7.17. The minimum absolute atomic E-state index is 0.0163. The van der Waals surface area contributed by atoms with E-state index in [0.717, 1.165) is 27.6 Å². The molecule has 3 aromatic rings. The molecular formula is C18H18N2O2S2. The van der Waals surface area contributed by atoms with Gasteiger partial charge in [-0.15, -0.1) is 11.3 Å². The van der Waals surface area contributed by atoms with E-state index in [2.05, 4.69) is 4.98 Å². The predicted molar refractivity (Wildman–Crippen MR) is 99.0 cm³/mol. The minimum Gasteiger partial charge on any atom is -0.496 e. The summed E-state index contributed by atoms with van der Waals surface area (Å²) in [6.45, 7) is 2.38. The van der Waals surface area contributed by atoms with Crippen LogP contribution in [0.2, 0.25) is 0 Å². The molecule has 4 nitrogen and oxygen atoms in total. The highest BCUT2D eigenvalue weighted by Crippen LogP contribution is 2.30. The Morgan fingerprint density at radius 2 is 2.08 bits per heavy atom. The van der Waals surface area contributed by atoms with Gasteiger partial charge < -0.3 is 9.64 Å². The molecule has 0 atom stereocenters. The van der Waals surface area contributed by atoms with Gasteiger partial charge in [0.05, 0.1) is 12.8 Å². The van der Waals surface area contributed by atoms with Crippen molar-refractivity contribution in [3.8, 4) is 16.3 Å². The minimum atomic E-state index is -0.0163. The SMILES string of the molecule is COc1ccccc1CN(C)C(=O)c1sc(-c2ccsc2)nc1C. The van der Waals surface area contributed by atoms with Crippen LogP contribution in [0.3, 0.4) is 0 Å². The highest BCUT2D eigenvalue weighted by atomic mass is 32.1. The number of carbonyl (C=O) groups is 1. The molecule has 1 aromatic carbocycles. The molecule has 0 fully saturated rings. The van der Waals surface area contributed by atoms with E-state index in [4.69, 9.17) is 4.74 Å². The Hall–Kier alpha value is -2.18. The molecule has 1 amide bonds. The van der Waals surface area contributed by atoms with Crippen molar-refractivity contribution >= 4 is 28.6 Å². The van der Waals surface area contributed by atoms with E-state index in [1.54, 1.807) is 30.4 Å². The molecule has 0 spiro atoms. The van der Waals surface area contributed by atoms with Crippen LogP contribution in [-0.2, 0) is 6.54 Å². The molecule has 2 aromatic heterocycles. The summed E-state index contributed by atoms with van der Waals surface area (Å²) in [4.78, 5) is 19.8. The molecule has 124 valence electrons. The number of hydrogen-bond donors (Lipinski definition) is 0. The summed E-state index contributed by atoms with van der Waals surface area (Å²) in [6, 6.07) is 9.77. The molecule has 0 aliphatic heterocycles. The Kier molecular flexibility index (Phi) is 4.97. The number of thiophene rings is 1. The van der Waals surface area contributed by atoms with E-state index < -0.39 is 0 Å². The van der Waals surface area contributed by atoms with Gasteiger partial charge in [0.1, 0.15) is 15.6 Å². The van der Waals surface area contributed by atoms with Gasteiger partial charge in [-0.2, -0.15) is 11.3 Å². The fourth-order valence-corrected chi connectivity index (χ4v) is 4.21. The number of carbonyl (C=O) groups excluding carboxylic acids is 1. The summed E-state index contributed by atoms with van der Waals surface area (Å²) in [5.74, 6) is 0.773. The number of methoxy groups -OCH3 is 1. The smallest absolute Gasteiger partial charge is 0.265 e. The van der Waals surface area contributed by atoms with Crippen LogP contribution in [-0.4, -0.2) is 29.9 Å². The van der Waals surface area contributed by atoms with E-state index in [1.165, 1.54) is 11.3 Å². The summed E-state index contributed by atoms with van der Waals surface area (Å²) in [6.07, 6.45) is 0. The molecule has 2 heterocycles. The van der Waals surface area contributed by atoms with Gasteiger partial charge in [0, 0.05) is 30.1 Å². The molecule has 0 aliphatic rings. The Morgan fingerprint density at radius 1 is 1.29 bits per heavy atom. The first kappa shape index (κ1) is 16.7. The third-order valence-corrected chi connectivity index (χ3v) is 5.58. The number of hydrogen-bond acceptors (Lipinski definition) is 5. The highest BCUT2D eigenvalue weighted by Gasteiger charge is 2.20. The zero-order chi connectivity index (χ0) is 17.1. The quantitative estimate of drug-likeness (QED) is 0.676. The largest absolute Gasteiger partial charge is 0.496 e. The fraction of sp³-hybridized carbons (Fsp3) is 0.222. The van der Waals surface area contributed by atoms with Crippen molar-refractivity contribution in [3.63, 3.8) is 0 Å². The number of benzene rings is 1. The lowest BCUT2D eigenvalue weighted by molar-refractivity contribution is 0.0788. The van der Waals surface area contributed by atoms with Gasteiger partial charge in [-0.3, -0.25) is 4.79 Å². The van der Waals surface area contributed by atoms with Crippen molar-refractivity contribution < 1.29 is 9.53 Å². The zero-order valence-electron chi connectivity index (χ0n) is 13.8. The van der Waals surface area contributed by atoms with E-state index in [1.807, 2.05) is 48.0 Å². The Labute approximate surface area is 149 Å². The molecule has 0 aliphatic carbocycles. The molecule has 0 saturated heterocycles. The van der Waals surface area contributed by atoms with Crippen LogP contribution < -0.4 is 4.74 Å². The molecule has 0 bridgehead atoms. The van der Waals surface area contributed by atoms with Crippen molar-refractivity contribution in [3.05, 3.63) is 57.2 Å². The number of para-hydroxylation sites is 1. The van der Waals surface area contributed by atoms with Crippen molar-refractivity contribution in [2.75, 3.05) is 14.2 Å². The maximum atomic E-state index is 12.8. The number of thiazole rings is 1. The monoisotopic (exact) mass is 358 g/mol. The number of ether oxygens (including phenoxy) is 1. The van der Waals surface area contributed by atoms with Crippen LogP contribution in [0.1, 0.15) is 20.9 Å². The zero-order valence-corrected chi connectivity index (χ0v) is 15.4. The molecule has 24 heavy (non-hydrogen) atoms. The van der Waals surface area contributed by atoms with E-state index >= 15 is 0 Å². The molecule has 0 radical (unpaired) electrons. The molecule has 0 saturated carbocycles. The van der Waals surface area contributed by atoms with Crippen LogP contribution >= 0.6 is 22.7 Å². The van der Waals surface area contributed by atoms with Gasteiger partial charge in [0.25, 0.3) is 5.91 Å². The van der Waals surface area contributed by atoms with Gasteiger partial charge in [0.15, 0.2) is 0 Å². The van der Waals surface area contributed by atoms with Crippen molar-refractivity contribution in [2.24, 2.45) is 0 Å². The van der Waals surface area contributed by atoms with Gasteiger partial charge in [-0.05, 0) is 24.4 Å². The maximum Gasteiger partial charge on any atom is 0.265 e. The third-order valence-electron chi connectivity index (χ3n) is 3.71. The molecule has 0 N–H and O–H groups in total. The number of nitrogens with zero attached hydrogens (tertiary/aromatic N) is 2. The van der Waals surface area contributed by atoms with Crippen LogP contribution in [0.25, 0.3) is 10.6 Å². The predicted octanol–water partition coefficient (Wildman–Crippen LogP) is 4.46. The normalized spacial score (nSPS) is 10.6. The second-order valence-electron chi connectivity index (χ2n) is 5.42. The summed E-state index contributed by atoms with van der Waals surface area (Å²) in [7, 11) is 3.44. The van der Waals surface area contributed by atoms with Crippen LogP contribution in [0.4, 0.5) is 0 Å². The average molecular weight is 358 g/mol. The number of rotatable bonds is 5. The van der Waals surface area contributed by atoms with E-state index in [9.17, 15) is 4.79 Å². The van der Waals surface area contributed by atoms with Crippen molar-refractivity contribution in [2.45, 2.75) is 13.5 Å². The number of amides is 1. The Balaban J connectivity index is 1.81. The summed E-state index contributed by atoms with van der Waals surface area (Å²) in [5, 5.41) is 4.95. The van der Waals surface area contributed by atoms with Crippen LogP contribution in [0, 0.1) is 6.92 Å². The van der Waals surface area contributed by atoms with Gasteiger partial charge in [0.2, 0.25) is 0 Å². The average Bonchev–Trinajstić information content (AvgIpc) is 3.24. The summed E-state index contributed by atoms with van der Waals surface area (Å²) >= 11 is 3.07. The van der Waals surface area contributed by atoms with Gasteiger partial charge >= 0.3 is 0 Å². The van der Waals surface area contributed by atoms with E-state index in [0.29, 0.717) is 11.4 Å². The maximum absolute atomic E-state index is 12.8. The number of aryl methyl sites for hydroxylation is 1. The standard InChI is InChI=1S/C18H18N2O2S2/c1-12-16(24-17(19-12)14-8-9-23-11-14)18(21)20(2)10-13-6-4-5-7-15(13)22-3/h4-9,11H,10H2,1-3H3. The van der Waals surface area contributed by atoms with E-state index in [-0.39, 0.29) is 5.91 Å². The first-order chi connectivity index (χ1) is 11.6. The fourth-order valence-electron chi connectivity index (χ4n) is 2.44. The molecule has 6 heteroatoms. The Morgan fingerprint density at radius 3 is 2.79 bits per heavy atom. The first-order valence-corrected chi connectivity index (χ1v) is 9.23. The lowest BCUT2D eigenvalue weighted by atomic mass is 10.2. The lowest BCUT2D eigenvalue weighted by Gasteiger charge is -2.18. The van der Waals surface area contributed by atoms with Gasteiger partial charge in [-0.25, -0.2) is 4.98 Å². The summed E-state index contributed by atoms with van der Waals surface area (Å²) in [5.41, 5.74) is 2.83. The summed E-state index contributed by atoms with van der Waals surface area (Å²) < 4.78 is 5.36. The second-order valence-corrected chi connectivity index (χ2v) is 7.20. The van der Waals surface area contributed by atoms with Crippen LogP contribution in [0.15, 0.2) is 41.1 Å². The van der Waals surface area contributed by atoms with Crippen molar-refractivity contribution in [1.29, 1.82) is 0 Å². The Bertz CT molecular complexity index is 841. The molecule has 0 unspecified atom stereocenters.